The van der Waals surface area contributed by atoms with Crippen LogP contribution in [0.15, 0.2) is 18.2 Å². The fourth-order valence-electron chi connectivity index (χ4n) is 2.93. The molecule has 0 atom stereocenters. The Bertz CT molecular complexity index is 481. The van der Waals surface area contributed by atoms with Gasteiger partial charge in [-0.15, -0.1) is 0 Å². The standard InChI is InChI=1S/C15H20N2O2/c1-2-19-15(18)17-10-7-12-5-6-13(11-14(12)17)16-8-3-4-9-16/h5-6,11H,2-4,7-10H2,1H3. The molecule has 4 nitrogen and oxygen atoms in total. The molecule has 0 unspecified atom stereocenters. The fraction of sp³-hybridized carbons (Fsp3) is 0.533. The summed E-state index contributed by atoms with van der Waals surface area (Å²) in [6.45, 7) is 5.25. The summed E-state index contributed by atoms with van der Waals surface area (Å²) in [4.78, 5) is 16.1. The van der Waals surface area contributed by atoms with Gasteiger partial charge in [0.15, 0.2) is 0 Å². The maximum absolute atomic E-state index is 11.9. The quantitative estimate of drug-likeness (QED) is 0.819. The lowest BCUT2D eigenvalue weighted by Gasteiger charge is -2.21. The van der Waals surface area contributed by atoms with Crippen molar-refractivity contribution in [2.45, 2.75) is 26.2 Å². The normalized spacial score (nSPS) is 17.7. The first-order chi connectivity index (χ1) is 9.29. The van der Waals surface area contributed by atoms with E-state index in [0.717, 1.165) is 31.7 Å². The zero-order valence-electron chi connectivity index (χ0n) is 11.4. The fourth-order valence-corrected chi connectivity index (χ4v) is 2.93. The monoisotopic (exact) mass is 260 g/mol. The van der Waals surface area contributed by atoms with Crippen LogP contribution in [0.25, 0.3) is 0 Å². The van der Waals surface area contributed by atoms with E-state index in [9.17, 15) is 4.79 Å². The van der Waals surface area contributed by atoms with Crippen LogP contribution in [0.2, 0.25) is 0 Å². The number of amides is 1. The van der Waals surface area contributed by atoms with Crippen molar-refractivity contribution in [1.29, 1.82) is 0 Å². The molecule has 1 aromatic rings. The Morgan fingerprint density at radius 1 is 1.26 bits per heavy atom. The van der Waals surface area contributed by atoms with E-state index in [-0.39, 0.29) is 6.09 Å². The predicted octanol–water partition coefficient (Wildman–Crippen LogP) is 2.81. The number of hydrogen-bond donors (Lipinski definition) is 0. The average molecular weight is 260 g/mol. The maximum atomic E-state index is 11.9. The van der Waals surface area contributed by atoms with Gasteiger partial charge >= 0.3 is 6.09 Å². The van der Waals surface area contributed by atoms with Crippen molar-refractivity contribution in [2.75, 3.05) is 36.0 Å². The summed E-state index contributed by atoms with van der Waals surface area (Å²) in [5.74, 6) is 0. The first-order valence-corrected chi connectivity index (χ1v) is 7.12. The Labute approximate surface area is 113 Å². The minimum Gasteiger partial charge on any atom is -0.449 e. The van der Waals surface area contributed by atoms with Gasteiger partial charge in [0.25, 0.3) is 0 Å². The molecule has 0 bridgehead atoms. The summed E-state index contributed by atoms with van der Waals surface area (Å²) < 4.78 is 5.12. The van der Waals surface area contributed by atoms with E-state index < -0.39 is 0 Å². The van der Waals surface area contributed by atoms with Crippen LogP contribution in [-0.2, 0) is 11.2 Å². The molecule has 0 aromatic heterocycles. The Morgan fingerprint density at radius 3 is 2.79 bits per heavy atom. The second-order valence-electron chi connectivity index (χ2n) is 5.11. The number of carbonyl (C=O) groups excluding carboxylic acids is 1. The minimum atomic E-state index is -0.222. The SMILES string of the molecule is CCOC(=O)N1CCc2ccc(N3CCCC3)cc21. The van der Waals surface area contributed by atoms with Crippen LogP contribution in [0, 0.1) is 0 Å². The van der Waals surface area contributed by atoms with Gasteiger partial charge in [-0.3, -0.25) is 4.90 Å². The van der Waals surface area contributed by atoms with Crippen LogP contribution in [0.1, 0.15) is 25.3 Å². The zero-order valence-corrected chi connectivity index (χ0v) is 11.4. The highest BCUT2D eigenvalue weighted by molar-refractivity contribution is 5.91. The van der Waals surface area contributed by atoms with Gasteiger partial charge in [0.05, 0.1) is 12.3 Å². The van der Waals surface area contributed by atoms with Gasteiger partial charge in [-0.25, -0.2) is 4.79 Å². The van der Waals surface area contributed by atoms with Gasteiger partial charge in [0.1, 0.15) is 0 Å². The van der Waals surface area contributed by atoms with Gasteiger partial charge in [-0.1, -0.05) is 6.07 Å². The molecule has 0 spiro atoms. The third-order valence-corrected chi connectivity index (χ3v) is 3.92. The molecule has 102 valence electrons. The highest BCUT2D eigenvalue weighted by atomic mass is 16.6. The Kier molecular flexibility index (Phi) is 3.32. The molecule has 0 N–H and O–H groups in total. The van der Waals surface area contributed by atoms with Gasteiger partial charge in [0, 0.05) is 25.3 Å². The molecule has 1 fully saturated rings. The molecular formula is C15H20N2O2. The van der Waals surface area contributed by atoms with E-state index in [1.54, 1.807) is 4.90 Å². The maximum Gasteiger partial charge on any atom is 0.414 e. The number of anilines is 2. The molecule has 0 saturated carbocycles. The van der Waals surface area contributed by atoms with Crippen LogP contribution >= 0.6 is 0 Å². The van der Waals surface area contributed by atoms with E-state index in [1.165, 1.54) is 24.1 Å². The van der Waals surface area contributed by atoms with Crippen molar-refractivity contribution in [1.82, 2.24) is 0 Å². The van der Waals surface area contributed by atoms with Crippen LogP contribution in [0.4, 0.5) is 16.2 Å². The first-order valence-electron chi connectivity index (χ1n) is 7.12. The van der Waals surface area contributed by atoms with Gasteiger partial charge in [-0.2, -0.15) is 0 Å². The summed E-state index contributed by atoms with van der Waals surface area (Å²) in [6, 6.07) is 6.48. The molecule has 2 aliphatic heterocycles. The van der Waals surface area contributed by atoms with Gasteiger partial charge in [-0.05, 0) is 43.9 Å². The molecule has 3 rings (SSSR count). The summed E-state index contributed by atoms with van der Waals surface area (Å²) in [6.07, 6.45) is 3.23. The highest BCUT2D eigenvalue weighted by Crippen LogP contribution is 2.33. The second kappa shape index (κ2) is 5.11. The largest absolute Gasteiger partial charge is 0.449 e. The van der Waals surface area contributed by atoms with Crippen molar-refractivity contribution in [3.63, 3.8) is 0 Å². The van der Waals surface area contributed by atoms with E-state index in [1.807, 2.05) is 6.92 Å². The number of nitrogens with zero attached hydrogens (tertiary/aromatic N) is 2. The third kappa shape index (κ3) is 2.27. The Balaban J connectivity index is 1.86. The number of benzene rings is 1. The molecule has 4 heteroatoms. The summed E-state index contributed by atoms with van der Waals surface area (Å²) in [5, 5.41) is 0. The van der Waals surface area contributed by atoms with E-state index >= 15 is 0 Å². The van der Waals surface area contributed by atoms with Crippen molar-refractivity contribution in [2.24, 2.45) is 0 Å². The summed E-state index contributed by atoms with van der Waals surface area (Å²) >= 11 is 0. The number of fused-ring (bicyclic) bond motifs is 1. The summed E-state index contributed by atoms with van der Waals surface area (Å²) in [7, 11) is 0. The first kappa shape index (κ1) is 12.3. The second-order valence-corrected chi connectivity index (χ2v) is 5.11. The molecule has 2 aliphatic rings. The molecular weight excluding hydrogens is 240 g/mol. The van der Waals surface area contributed by atoms with Crippen LogP contribution in [0.5, 0.6) is 0 Å². The average Bonchev–Trinajstić information content (AvgIpc) is 3.07. The van der Waals surface area contributed by atoms with E-state index in [4.69, 9.17) is 4.74 Å². The molecule has 0 aliphatic carbocycles. The van der Waals surface area contributed by atoms with E-state index in [2.05, 4.69) is 23.1 Å². The van der Waals surface area contributed by atoms with Crippen molar-refractivity contribution >= 4 is 17.5 Å². The Morgan fingerprint density at radius 2 is 2.05 bits per heavy atom. The molecule has 0 radical (unpaired) electrons. The molecule has 1 aromatic carbocycles. The minimum absolute atomic E-state index is 0.222. The van der Waals surface area contributed by atoms with Crippen LogP contribution in [-0.4, -0.2) is 32.3 Å². The van der Waals surface area contributed by atoms with Gasteiger partial charge in [0.2, 0.25) is 0 Å². The van der Waals surface area contributed by atoms with Crippen molar-refractivity contribution in [3.05, 3.63) is 23.8 Å². The lowest BCUT2D eigenvalue weighted by molar-refractivity contribution is 0.160. The molecule has 19 heavy (non-hydrogen) atoms. The van der Waals surface area contributed by atoms with Gasteiger partial charge < -0.3 is 9.64 Å². The number of ether oxygens (including phenoxy) is 1. The molecule has 1 saturated heterocycles. The molecule has 2 heterocycles. The Hall–Kier alpha value is -1.71. The topological polar surface area (TPSA) is 32.8 Å². The number of hydrogen-bond acceptors (Lipinski definition) is 3. The van der Waals surface area contributed by atoms with Crippen LogP contribution in [0.3, 0.4) is 0 Å². The van der Waals surface area contributed by atoms with Crippen molar-refractivity contribution < 1.29 is 9.53 Å². The zero-order chi connectivity index (χ0) is 13.2. The lowest BCUT2D eigenvalue weighted by atomic mass is 10.1. The third-order valence-electron chi connectivity index (χ3n) is 3.92. The molecule has 1 amide bonds. The summed E-state index contributed by atoms with van der Waals surface area (Å²) in [5.41, 5.74) is 3.51. The lowest BCUT2D eigenvalue weighted by Crippen LogP contribution is -2.29. The number of carbonyl (C=O) groups is 1. The predicted molar refractivity (Wildman–Crippen MR) is 76.0 cm³/mol. The van der Waals surface area contributed by atoms with Crippen molar-refractivity contribution in [3.8, 4) is 0 Å². The highest BCUT2D eigenvalue weighted by Gasteiger charge is 2.26. The smallest absolute Gasteiger partial charge is 0.414 e. The van der Waals surface area contributed by atoms with Crippen LogP contribution < -0.4 is 9.80 Å². The number of rotatable bonds is 2. The van der Waals surface area contributed by atoms with E-state index in [0.29, 0.717) is 6.61 Å².